The van der Waals surface area contributed by atoms with E-state index in [1.165, 1.54) is 0 Å². The molecule has 1 heterocycles. The van der Waals surface area contributed by atoms with Crippen molar-refractivity contribution in [3.8, 4) is 0 Å². The summed E-state index contributed by atoms with van der Waals surface area (Å²) in [5, 5.41) is 2.66. The minimum Gasteiger partial charge on any atom is -0.347 e. The van der Waals surface area contributed by atoms with Gasteiger partial charge in [0.05, 0.1) is 6.54 Å². The Morgan fingerprint density at radius 2 is 2.18 bits per heavy atom. The molecular formula is C12H23N3O2. The van der Waals surface area contributed by atoms with E-state index < -0.39 is 0 Å². The molecule has 0 spiro atoms. The zero-order chi connectivity index (χ0) is 12.8. The Balaban J connectivity index is 2.17. The first-order valence-electron chi connectivity index (χ1n) is 6.29. The van der Waals surface area contributed by atoms with Crippen molar-refractivity contribution < 1.29 is 9.59 Å². The van der Waals surface area contributed by atoms with Crippen molar-refractivity contribution in [2.24, 2.45) is 11.7 Å². The number of nitrogens with two attached hydrogens (primary N) is 1. The SMILES string of the molecule is CC(C)CCC(=O)NCC(=O)N1CC[C@@H](N)C1. The molecule has 17 heavy (non-hydrogen) atoms. The Kier molecular flexibility index (Phi) is 5.41. The third kappa shape index (κ3) is 5.17. The van der Waals surface area contributed by atoms with E-state index >= 15 is 0 Å². The van der Waals surface area contributed by atoms with Crippen LogP contribution in [0.1, 0.15) is 33.1 Å². The van der Waals surface area contributed by atoms with Crippen molar-refractivity contribution in [2.45, 2.75) is 39.2 Å². The summed E-state index contributed by atoms with van der Waals surface area (Å²) in [4.78, 5) is 24.8. The molecule has 1 rings (SSSR count). The molecule has 0 saturated carbocycles. The van der Waals surface area contributed by atoms with Crippen LogP contribution in [0.5, 0.6) is 0 Å². The number of likely N-dealkylation sites (tertiary alicyclic amines) is 1. The van der Waals surface area contributed by atoms with Crippen LogP contribution in [0.3, 0.4) is 0 Å². The largest absolute Gasteiger partial charge is 0.347 e. The van der Waals surface area contributed by atoms with Gasteiger partial charge in [-0.15, -0.1) is 0 Å². The van der Waals surface area contributed by atoms with Gasteiger partial charge in [0, 0.05) is 25.6 Å². The second-order valence-electron chi connectivity index (χ2n) is 5.10. The van der Waals surface area contributed by atoms with Gasteiger partial charge in [-0.1, -0.05) is 13.8 Å². The van der Waals surface area contributed by atoms with E-state index in [0.717, 1.165) is 12.8 Å². The molecule has 0 unspecified atom stereocenters. The normalized spacial score (nSPS) is 19.8. The number of amides is 2. The van der Waals surface area contributed by atoms with Gasteiger partial charge in [-0.3, -0.25) is 9.59 Å². The quantitative estimate of drug-likeness (QED) is 0.716. The summed E-state index contributed by atoms with van der Waals surface area (Å²) in [5.74, 6) is 0.430. The van der Waals surface area contributed by atoms with Crippen molar-refractivity contribution >= 4 is 11.8 Å². The van der Waals surface area contributed by atoms with E-state index in [9.17, 15) is 9.59 Å². The van der Waals surface area contributed by atoms with Crippen LogP contribution in [0, 0.1) is 5.92 Å². The van der Waals surface area contributed by atoms with Gasteiger partial charge in [-0.25, -0.2) is 0 Å². The van der Waals surface area contributed by atoms with E-state index in [-0.39, 0.29) is 24.4 Å². The number of hydrogen-bond acceptors (Lipinski definition) is 3. The van der Waals surface area contributed by atoms with Crippen molar-refractivity contribution in [3.05, 3.63) is 0 Å². The van der Waals surface area contributed by atoms with Crippen LogP contribution >= 0.6 is 0 Å². The third-order valence-electron chi connectivity index (χ3n) is 2.96. The maximum atomic E-state index is 11.7. The molecule has 1 aliphatic rings. The lowest BCUT2D eigenvalue weighted by molar-refractivity contribution is -0.132. The maximum Gasteiger partial charge on any atom is 0.242 e. The van der Waals surface area contributed by atoms with E-state index in [1.807, 2.05) is 0 Å². The Labute approximate surface area is 103 Å². The van der Waals surface area contributed by atoms with Crippen LogP contribution < -0.4 is 11.1 Å². The summed E-state index contributed by atoms with van der Waals surface area (Å²) in [6.45, 7) is 5.57. The zero-order valence-electron chi connectivity index (χ0n) is 10.7. The molecule has 3 N–H and O–H groups in total. The average molecular weight is 241 g/mol. The molecule has 0 aromatic carbocycles. The maximum absolute atomic E-state index is 11.7. The molecule has 5 nitrogen and oxygen atoms in total. The highest BCUT2D eigenvalue weighted by atomic mass is 16.2. The van der Waals surface area contributed by atoms with E-state index in [2.05, 4.69) is 19.2 Å². The minimum atomic E-state index is -0.0458. The number of hydrogen-bond donors (Lipinski definition) is 2. The lowest BCUT2D eigenvalue weighted by Gasteiger charge is -2.16. The molecule has 0 aromatic rings. The van der Waals surface area contributed by atoms with Gasteiger partial charge in [0.15, 0.2) is 0 Å². The molecule has 1 aliphatic heterocycles. The number of nitrogens with zero attached hydrogens (tertiary/aromatic N) is 1. The molecule has 1 atom stereocenters. The smallest absolute Gasteiger partial charge is 0.242 e. The molecule has 2 amide bonds. The summed E-state index contributed by atoms with van der Waals surface area (Å²) >= 11 is 0. The molecule has 0 bridgehead atoms. The van der Waals surface area contributed by atoms with Gasteiger partial charge < -0.3 is 16.0 Å². The second kappa shape index (κ2) is 6.59. The average Bonchev–Trinajstić information content (AvgIpc) is 2.70. The molecule has 0 radical (unpaired) electrons. The highest BCUT2D eigenvalue weighted by molar-refractivity contribution is 5.84. The topological polar surface area (TPSA) is 75.4 Å². The first-order valence-corrected chi connectivity index (χ1v) is 6.29. The Hall–Kier alpha value is -1.10. The van der Waals surface area contributed by atoms with Crippen molar-refractivity contribution in [1.29, 1.82) is 0 Å². The molecular weight excluding hydrogens is 218 g/mol. The van der Waals surface area contributed by atoms with E-state index in [4.69, 9.17) is 5.73 Å². The van der Waals surface area contributed by atoms with Crippen LogP contribution in [-0.2, 0) is 9.59 Å². The lowest BCUT2D eigenvalue weighted by Crippen LogP contribution is -2.40. The summed E-state index contributed by atoms with van der Waals surface area (Å²) in [7, 11) is 0. The Bertz CT molecular complexity index is 279. The monoisotopic (exact) mass is 241 g/mol. The van der Waals surface area contributed by atoms with Gasteiger partial charge in [-0.2, -0.15) is 0 Å². The van der Waals surface area contributed by atoms with Crippen molar-refractivity contribution in [2.75, 3.05) is 19.6 Å². The number of carbonyl (C=O) groups excluding carboxylic acids is 2. The first kappa shape index (κ1) is 14.0. The van der Waals surface area contributed by atoms with Crippen LogP contribution in [0.2, 0.25) is 0 Å². The highest BCUT2D eigenvalue weighted by Gasteiger charge is 2.23. The third-order valence-corrected chi connectivity index (χ3v) is 2.96. The number of carbonyl (C=O) groups is 2. The Morgan fingerprint density at radius 3 is 2.71 bits per heavy atom. The van der Waals surface area contributed by atoms with Gasteiger partial charge in [-0.05, 0) is 18.8 Å². The van der Waals surface area contributed by atoms with Crippen LogP contribution in [-0.4, -0.2) is 42.4 Å². The zero-order valence-corrected chi connectivity index (χ0v) is 10.7. The van der Waals surface area contributed by atoms with Gasteiger partial charge in [0.1, 0.15) is 0 Å². The standard InChI is InChI=1S/C12H23N3O2/c1-9(2)3-4-11(16)14-7-12(17)15-6-5-10(13)8-15/h9-10H,3-8,13H2,1-2H3,(H,14,16)/t10-/m1/s1. The summed E-state index contributed by atoms with van der Waals surface area (Å²) in [5.41, 5.74) is 5.72. The number of rotatable bonds is 5. The summed E-state index contributed by atoms with van der Waals surface area (Å²) < 4.78 is 0. The van der Waals surface area contributed by atoms with E-state index in [1.54, 1.807) is 4.90 Å². The first-order chi connectivity index (χ1) is 7.99. The predicted molar refractivity (Wildman–Crippen MR) is 66.3 cm³/mol. The van der Waals surface area contributed by atoms with Crippen LogP contribution in [0.4, 0.5) is 0 Å². The van der Waals surface area contributed by atoms with Crippen molar-refractivity contribution in [1.82, 2.24) is 10.2 Å². The highest BCUT2D eigenvalue weighted by Crippen LogP contribution is 2.06. The fourth-order valence-corrected chi connectivity index (χ4v) is 1.81. The van der Waals surface area contributed by atoms with E-state index in [0.29, 0.717) is 25.4 Å². The molecule has 1 saturated heterocycles. The summed E-state index contributed by atoms with van der Waals surface area (Å²) in [6.07, 6.45) is 2.20. The fourth-order valence-electron chi connectivity index (χ4n) is 1.81. The summed E-state index contributed by atoms with van der Waals surface area (Å²) in [6, 6.07) is 0.0931. The molecule has 0 aliphatic carbocycles. The second-order valence-corrected chi connectivity index (χ2v) is 5.10. The predicted octanol–water partition coefficient (Wildman–Crippen LogP) is 0.0984. The molecule has 0 aromatic heterocycles. The number of nitrogens with one attached hydrogen (secondary N) is 1. The lowest BCUT2D eigenvalue weighted by atomic mass is 10.1. The minimum absolute atomic E-state index is 0.0316. The van der Waals surface area contributed by atoms with Gasteiger partial charge in [0.2, 0.25) is 11.8 Å². The molecule has 98 valence electrons. The Morgan fingerprint density at radius 1 is 1.47 bits per heavy atom. The van der Waals surface area contributed by atoms with Crippen LogP contribution in [0.25, 0.3) is 0 Å². The van der Waals surface area contributed by atoms with Crippen molar-refractivity contribution in [3.63, 3.8) is 0 Å². The van der Waals surface area contributed by atoms with Crippen LogP contribution in [0.15, 0.2) is 0 Å². The molecule has 1 fully saturated rings. The van der Waals surface area contributed by atoms with Gasteiger partial charge >= 0.3 is 0 Å². The van der Waals surface area contributed by atoms with Gasteiger partial charge in [0.25, 0.3) is 0 Å². The molecule has 5 heteroatoms. The fraction of sp³-hybridized carbons (Fsp3) is 0.833.